The van der Waals surface area contributed by atoms with Crippen molar-refractivity contribution < 1.29 is 13.6 Å². The predicted molar refractivity (Wildman–Crippen MR) is 78.0 cm³/mol. The number of nitrogens with one attached hydrogen (secondary N) is 2. The molecule has 1 heterocycles. The highest BCUT2D eigenvalue weighted by Gasteiger charge is 2.16. The van der Waals surface area contributed by atoms with E-state index >= 15 is 0 Å². The standard InChI is InChI=1S/C16H19FN2O2/c1-11(13-5-3-6-14(17)9-13)19-12(2)16(20)18-10-15-7-4-8-21-15/h3-9,11-12,19H,10H2,1-2H3,(H,18,20). The molecule has 0 saturated carbocycles. The van der Waals surface area contributed by atoms with Crippen LogP contribution in [0.5, 0.6) is 0 Å². The van der Waals surface area contributed by atoms with E-state index in [1.807, 2.05) is 13.0 Å². The van der Waals surface area contributed by atoms with Crippen LogP contribution in [0.15, 0.2) is 47.1 Å². The highest BCUT2D eigenvalue weighted by atomic mass is 19.1. The number of halogens is 1. The molecule has 2 unspecified atom stereocenters. The van der Waals surface area contributed by atoms with Gasteiger partial charge in [-0.1, -0.05) is 12.1 Å². The van der Waals surface area contributed by atoms with E-state index < -0.39 is 6.04 Å². The molecule has 0 bridgehead atoms. The van der Waals surface area contributed by atoms with Crippen LogP contribution in [0, 0.1) is 5.82 Å². The zero-order chi connectivity index (χ0) is 15.2. The van der Waals surface area contributed by atoms with Gasteiger partial charge in [-0.15, -0.1) is 0 Å². The summed E-state index contributed by atoms with van der Waals surface area (Å²) < 4.78 is 18.3. The third-order valence-electron chi connectivity index (χ3n) is 3.26. The second kappa shape index (κ2) is 7.04. The Balaban J connectivity index is 1.85. The number of benzene rings is 1. The molecule has 2 N–H and O–H groups in total. The Morgan fingerprint density at radius 1 is 1.29 bits per heavy atom. The van der Waals surface area contributed by atoms with Crippen LogP contribution in [-0.2, 0) is 11.3 Å². The Kier molecular flexibility index (Phi) is 5.11. The maximum atomic E-state index is 13.2. The van der Waals surface area contributed by atoms with Gasteiger partial charge in [-0.25, -0.2) is 4.39 Å². The first-order chi connectivity index (χ1) is 10.1. The molecular weight excluding hydrogens is 271 g/mol. The van der Waals surface area contributed by atoms with Crippen molar-refractivity contribution in [3.8, 4) is 0 Å². The van der Waals surface area contributed by atoms with Gasteiger partial charge in [0.1, 0.15) is 11.6 Å². The summed E-state index contributed by atoms with van der Waals surface area (Å²) in [6.07, 6.45) is 1.56. The normalized spacial score (nSPS) is 13.7. The lowest BCUT2D eigenvalue weighted by Crippen LogP contribution is -2.42. The summed E-state index contributed by atoms with van der Waals surface area (Å²) in [6.45, 7) is 4.02. The van der Waals surface area contributed by atoms with Crippen molar-refractivity contribution >= 4 is 5.91 Å². The molecule has 0 aliphatic carbocycles. The van der Waals surface area contributed by atoms with Crippen LogP contribution in [0.25, 0.3) is 0 Å². The molecule has 1 amide bonds. The first kappa shape index (κ1) is 15.3. The van der Waals surface area contributed by atoms with Crippen LogP contribution in [0.1, 0.15) is 31.2 Å². The van der Waals surface area contributed by atoms with Crippen molar-refractivity contribution in [1.82, 2.24) is 10.6 Å². The van der Waals surface area contributed by atoms with Gasteiger partial charge in [-0.3, -0.25) is 10.1 Å². The number of carbonyl (C=O) groups excluding carboxylic acids is 1. The molecule has 4 nitrogen and oxygen atoms in total. The van der Waals surface area contributed by atoms with Crippen LogP contribution < -0.4 is 10.6 Å². The molecule has 0 saturated heterocycles. The van der Waals surface area contributed by atoms with E-state index in [4.69, 9.17) is 4.42 Å². The highest BCUT2D eigenvalue weighted by molar-refractivity contribution is 5.81. The van der Waals surface area contributed by atoms with Crippen LogP contribution in [0.3, 0.4) is 0 Å². The van der Waals surface area contributed by atoms with Crippen molar-refractivity contribution in [3.63, 3.8) is 0 Å². The minimum atomic E-state index is -0.391. The fraction of sp³-hybridized carbons (Fsp3) is 0.312. The molecule has 21 heavy (non-hydrogen) atoms. The average Bonchev–Trinajstić information content (AvgIpc) is 2.97. The van der Waals surface area contributed by atoms with Gasteiger partial charge in [-0.2, -0.15) is 0 Å². The lowest BCUT2D eigenvalue weighted by Gasteiger charge is -2.19. The molecule has 0 aliphatic heterocycles. The van der Waals surface area contributed by atoms with Gasteiger partial charge in [-0.05, 0) is 43.7 Å². The van der Waals surface area contributed by atoms with Gasteiger partial charge in [0.25, 0.3) is 0 Å². The summed E-state index contributed by atoms with van der Waals surface area (Å²) >= 11 is 0. The molecule has 2 atom stereocenters. The van der Waals surface area contributed by atoms with E-state index in [1.165, 1.54) is 12.1 Å². The third kappa shape index (κ3) is 4.43. The van der Waals surface area contributed by atoms with Gasteiger partial charge in [0.2, 0.25) is 5.91 Å². The smallest absolute Gasteiger partial charge is 0.237 e. The molecule has 2 rings (SSSR count). The predicted octanol–water partition coefficient (Wildman–Crippen LogP) is 2.77. The Labute approximate surface area is 123 Å². The molecule has 0 radical (unpaired) electrons. The van der Waals surface area contributed by atoms with Crippen molar-refractivity contribution in [2.45, 2.75) is 32.5 Å². The summed E-state index contributed by atoms with van der Waals surface area (Å²) in [5, 5.41) is 5.93. The van der Waals surface area contributed by atoms with E-state index in [-0.39, 0.29) is 17.8 Å². The number of hydrogen-bond donors (Lipinski definition) is 2. The van der Waals surface area contributed by atoms with E-state index in [0.29, 0.717) is 12.3 Å². The maximum absolute atomic E-state index is 13.2. The fourth-order valence-electron chi connectivity index (χ4n) is 2.06. The van der Waals surface area contributed by atoms with Gasteiger partial charge in [0.05, 0.1) is 18.8 Å². The topological polar surface area (TPSA) is 54.3 Å². The maximum Gasteiger partial charge on any atom is 0.237 e. The van der Waals surface area contributed by atoms with Crippen LogP contribution >= 0.6 is 0 Å². The fourth-order valence-corrected chi connectivity index (χ4v) is 2.06. The van der Waals surface area contributed by atoms with Crippen LogP contribution in [0.4, 0.5) is 4.39 Å². The van der Waals surface area contributed by atoms with Crippen LogP contribution in [0.2, 0.25) is 0 Å². The largest absolute Gasteiger partial charge is 0.467 e. The average molecular weight is 290 g/mol. The number of hydrogen-bond acceptors (Lipinski definition) is 3. The zero-order valence-corrected chi connectivity index (χ0v) is 12.1. The molecule has 112 valence electrons. The lowest BCUT2D eigenvalue weighted by molar-refractivity contribution is -0.123. The van der Waals surface area contributed by atoms with E-state index in [2.05, 4.69) is 10.6 Å². The van der Waals surface area contributed by atoms with Crippen molar-refractivity contribution in [1.29, 1.82) is 0 Å². The second-order valence-electron chi connectivity index (χ2n) is 4.96. The Morgan fingerprint density at radius 3 is 2.76 bits per heavy atom. The highest BCUT2D eigenvalue weighted by Crippen LogP contribution is 2.14. The molecule has 2 aromatic rings. The first-order valence-corrected chi connectivity index (χ1v) is 6.88. The number of rotatable bonds is 6. The summed E-state index contributed by atoms with van der Waals surface area (Å²) in [5.74, 6) is 0.291. The van der Waals surface area contributed by atoms with Crippen molar-refractivity contribution in [2.75, 3.05) is 0 Å². The van der Waals surface area contributed by atoms with Gasteiger partial charge < -0.3 is 9.73 Å². The van der Waals surface area contributed by atoms with Crippen LogP contribution in [-0.4, -0.2) is 11.9 Å². The van der Waals surface area contributed by atoms with Gasteiger partial charge >= 0.3 is 0 Å². The SMILES string of the molecule is CC(NC(C)c1cccc(F)c1)C(=O)NCc1ccco1. The number of amides is 1. The second-order valence-corrected chi connectivity index (χ2v) is 4.96. The summed E-state index contributed by atoms with van der Waals surface area (Å²) in [5.41, 5.74) is 0.806. The molecule has 0 fully saturated rings. The summed E-state index contributed by atoms with van der Waals surface area (Å²) in [4.78, 5) is 12.0. The molecule has 0 spiro atoms. The minimum absolute atomic E-state index is 0.120. The first-order valence-electron chi connectivity index (χ1n) is 6.88. The lowest BCUT2D eigenvalue weighted by atomic mass is 10.1. The summed E-state index contributed by atoms with van der Waals surface area (Å²) in [6, 6.07) is 9.41. The van der Waals surface area contributed by atoms with E-state index in [9.17, 15) is 9.18 Å². The van der Waals surface area contributed by atoms with E-state index in [1.54, 1.807) is 31.4 Å². The van der Waals surface area contributed by atoms with Gasteiger partial charge in [0, 0.05) is 6.04 Å². The minimum Gasteiger partial charge on any atom is -0.467 e. The Morgan fingerprint density at radius 2 is 2.10 bits per heavy atom. The third-order valence-corrected chi connectivity index (χ3v) is 3.26. The van der Waals surface area contributed by atoms with Gasteiger partial charge in [0.15, 0.2) is 0 Å². The Bertz CT molecular complexity index is 584. The quantitative estimate of drug-likeness (QED) is 0.860. The molecule has 1 aromatic heterocycles. The molecular formula is C16H19FN2O2. The molecule has 0 aliphatic rings. The van der Waals surface area contributed by atoms with Crippen molar-refractivity contribution in [2.24, 2.45) is 0 Å². The molecule has 5 heteroatoms. The van der Waals surface area contributed by atoms with E-state index in [0.717, 1.165) is 5.56 Å². The van der Waals surface area contributed by atoms with Crippen molar-refractivity contribution in [3.05, 3.63) is 59.8 Å². The zero-order valence-electron chi connectivity index (χ0n) is 12.1. The monoisotopic (exact) mass is 290 g/mol. The Hall–Kier alpha value is -2.14. The number of carbonyl (C=O) groups is 1. The summed E-state index contributed by atoms with van der Waals surface area (Å²) in [7, 11) is 0. The number of furan rings is 1. The molecule has 1 aromatic carbocycles.